The molecule has 0 unspecified atom stereocenters. The zero-order valence-corrected chi connectivity index (χ0v) is 12.0. The molecule has 5 heteroatoms. The molecule has 0 spiro atoms. The fourth-order valence-corrected chi connectivity index (χ4v) is 2.63. The summed E-state index contributed by atoms with van der Waals surface area (Å²) < 4.78 is 1.90. The number of imidazole rings is 1. The van der Waals surface area contributed by atoms with Gasteiger partial charge in [0, 0.05) is 15.6 Å². The van der Waals surface area contributed by atoms with E-state index in [0.29, 0.717) is 22.2 Å². The summed E-state index contributed by atoms with van der Waals surface area (Å²) >= 11 is 12.1. The smallest absolute Gasteiger partial charge is 0.0984 e. The van der Waals surface area contributed by atoms with Crippen LogP contribution in [0.1, 0.15) is 11.7 Å². The molecule has 20 heavy (non-hydrogen) atoms. The molecular weight excluding hydrogens is 295 g/mol. The highest BCUT2D eigenvalue weighted by Crippen LogP contribution is 2.28. The first-order chi connectivity index (χ1) is 9.65. The molecule has 3 rings (SSSR count). The highest BCUT2D eigenvalue weighted by atomic mass is 35.5. The van der Waals surface area contributed by atoms with Crippen LogP contribution < -0.4 is 0 Å². The Labute approximate surface area is 126 Å². The van der Waals surface area contributed by atoms with Gasteiger partial charge in [0.05, 0.1) is 30.0 Å². The molecule has 0 aliphatic carbocycles. The van der Waals surface area contributed by atoms with Crippen molar-refractivity contribution in [2.75, 3.05) is 0 Å². The highest BCUT2D eigenvalue weighted by Gasteiger charge is 2.14. The SMILES string of the molecule is O[C@H](Cn1cnc2ccccc21)c1cc(Cl)ccc1Cl. The van der Waals surface area contributed by atoms with Crippen LogP contribution in [0.5, 0.6) is 0 Å². The monoisotopic (exact) mass is 306 g/mol. The number of nitrogens with zero attached hydrogens (tertiary/aromatic N) is 2. The van der Waals surface area contributed by atoms with E-state index in [2.05, 4.69) is 4.98 Å². The van der Waals surface area contributed by atoms with Crippen LogP contribution in [0.4, 0.5) is 0 Å². The van der Waals surface area contributed by atoms with Crippen molar-refractivity contribution in [3.63, 3.8) is 0 Å². The standard InChI is InChI=1S/C15H12Cl2N2O/c16-10-5-6-12(17)11(7-10)15(20)8-19-9-18-13-3-1-2-4-14(13)19/h1-7,9,15,20H,8H2/t15-/m1/s1. The molecule has 3 aromatic rings. The molecule has 3 nitrogen and oxygen atoms in total. The summed E-state index contributed by atoms with van der Waals surface area (Å²) in [7, 11) is 0. The Morgan fingerprint density at radius 1 is 1.15 bits per heavy atom. The molecule has 1 N–H and O–H groups in total. The zero-order valence-electron chi connectivity index (χ0n) is 10.5. The van der Waals surface area contributed by atoms with Gasteiger partial charge in [0.25, 0.3) is 0 Å². The molecule has 1 heterocycles. The van der Waals surface area contributed by atoms with Crippen molar-refractivity contribution in [2.45, 2.75) is 12.6 Å². The van der Waals surface area contributed by atoms with E-state index in [1.165, 1.54) is 0 Å². The van der Waals surface area contributed by atoms with E-state index < -0.39 is 6.10 Å². The summed E-state index contributed by atoms with van der Waals surface area (Å²) in [4.78, 5) is 4.30. The summed E-state index contributed by atoms with van der Waals surface area (Å²) in [5, 5.41) is 11.4. The lowest BCUT2D eigenvalue weighted by atomic mass is 10.1. The summed E-state index contributed by atoms with van der Waals surface area (Å²) in [6.07, 6.45) is 0.977. The number of aliphatic hydroxyl groups excluding tert-OH is 1. The van der Waals surface area contributed by atoms with Gasteiger partial charge in [-0.25, -0.2) is 4.98 Å². The average molecular weight is 307 g/mol. The first-order valence-corrected chi connectivity index (χ1v) is 6.93. The number of para-hydroxylation sites is 2. The van der Waals surface area contributed by atoms with Crippen LogP contribution in [-0.2, 0) is 6.54 Å². The van der Waals surface area contributed by atoms with Crippen LogP contribution in [0.3, 0.4) is 0 Å². The summed E-state index contributed by atoms with van der Waals surface area (Å²) in [6, 6.07) is 12.9. The first-order valence-electron chi connectivity index (χ1n) is 6.18. The normalized spacial score (nSPS) is 12.8. The molecule has 1 aromatic heterocycles. The van der Waals surface area contributed by atoms with Gasteiger partial charge in [-0.05, 0) is 30.3 Å². The molecule has 0 aliphatic heterocycles. The van der Waals surface area contributed by atoms with Gasteiger partial charge < -0.3 is 9.67 Å². The maximum Gasteiger partial charge on any atom is 0.0984 e. The van der Waals surface area contributed by atoms with Crippen LogP contribution in [0.25, 0.3) is 11.0 Å². The number of fused-ring (bicyclic) bond motifs is 1. The van der Waals surface area contributed by atoms with Crippen molar-refractivity contribution in [3.8, 4) is 0 Å². The van der Waals surface area contributed by atoms with E-state index in [4.69, 9.17) is 23.2 Å². The van der Waals surface area contributed by atoms with Crippen LogP contribution in [0, 0.1) is 0 Å². The maximum absolute atomic E-state index is 10.4. The Morgan fingerprint density at radius 3 is 2.80 bits per heavy atom. The zero-order chi connectivity index (χ0) is 14.1. The Kier molecular flexibility index (Phi) is 3.66. The molecule has 102 valence electrons. The van der Waals surface area contributed by atoms with Gasteiger partial charge in [0.2, 0.25) is 0 Å². The van der Waals surface area contributed by atoms with E-state index in [0.717, 1.165) is 11.0 Å². The van der Waals surface area contributed by atoms with Gasteiger partial charge in [-0.3, -0.25) is 0 Å². The fourth-order valence-electron chi connectivity index (χ4n) is 2.21. The summed E-state index contributed by atoms with van der Waals surface area (Å²) in [5.41, 5.74) is 2.50. The third-order valence-electron chi connectivity index (χ3n) is 3.21. The summed E-state index contributed by atoms with van der Waals surface area (Å²) in [5.74, 6) is 0. The number of benzene rings is 2. The second-order valence-electron chi connectivity index (χ2n) is 4.57. The molecule has 0 fully saturated rings. The maximum atomic E-state index is 10.4. The van der Waals surface area contributed by atoms with Crippen molar-refractivity contribution in [2.24, 2.45) is 0 Å². The second kappa shape index (κ2) is 5.44. The van der Waals surface area contributed by atoms with Gasteiger partial charge in [0.15, 0.2) is 0 Å². The van der Waals surface area contributed by atoms with E-state index in [1.807, 2.05) is 28.8 Å². The lowest BCUT2D eigenvalue weighted by Gasteiger charge is -2.14. The molecule has 0 amide bonds. The second-order valence-corrected chi connectivity index (χ2v) is 5.41. The van der Waals surface area contributed by atoms with Crippen molar-refractivity contribution in [1.29, 1.82) is 0 Å². The highest BCUT2D eigenvalue weighted by molar-refractivity contribution is 6.33. The Morgan fingerprint density at radius 2 is 1.95 bits per heavy atom. The molecule has 0 aliphatic rings. The number of aliphatic hydroxyl groups is 1. The number of hydrogen-bond donors (Lipinski definition) is 1. The lowest BCUT2D eigenvalue weighted by molar-refractivity contribution is 0.158. The third-order valence-corrected chi connectivity index (χ3v) is 3.79. The van der Waals surface area contributed by atoms with Crippen molar-refractivity contribution < 1.29 is 5.11 Å². The van der Waals surface area contributed by atoms with E-state index in [9.17, 15) is 5.11 Å². The molecule has 0 saturated heterocycles. The molecule has 0 saturated carbocycles. The molecule has 1 atom stereocenters. The number of aromatic nitrogens is 2. The number of halogens is 2. The average Bonchev–Trinajstić information content (AvgIpc) is 2.85. The fraction of sp³-hybridized carbons (Fsp3) is 0.133. The Bertz CT molecular complexity index is 754. The van der Waals surface area contributed by atoms with Gasteiger partial charge in [-0.15, -0.1) is 0 Å². The lowest BCUT2D eigenvalue weighted by Crippen LogP contribution is -2.08. The predicted octanol–water partition coefficient (Wildman–Crippen LogP) is 4.08. The quantitative estimate of drug-likeness (QED) is 0.792. The van der Waals surface area contributed by atoms with Crippen LogP contribution in [0.2, 0.25) is 10.0 Å². The number of hydrogen-bond acceptors (Lipinski definition) is 2. The molecule has 0 bridgehead atoms. The molecular formula is C15H12Cl2N2O. The molecule has 0 radical (unpaired) electrons. The van der Waals surface area contributed by atoms with Crippen molar-refractivity contribution >= 4 is 34.2 Å². The topological polar surface area (TPSA) is 38.0 Å². The van der Waals surface area contributed by atoms with Crippen LogP contribution >= 0.6 is 23.2 Å². The molecule has 2 aromatic carbocycles. The van der Waals surface area contributed by atoms with Gasteiger partial charge in [-0.2, -0.15) is 0 Å². The van der Waals surface area contributed by atoms with Crippen LogP contribution in [-0.4, -0.2) is 14.7 Å². The number of rotatable bonds is 3. The van der Waals surface area contributed by atoms with Crippen LogP contribution in [0.15, 0.2) is 48.8 Å². The largest absolute Gasteiger partial charge is 0.386 e. The summed E-state index contributed by atoms with van der Waals surface area (Å²) in [6.45, 7) is 0.376. The minimum atomic E-state index is -0.737. The van der Waals surface area contributed by atoms with Crippen molar-refractivity contribution in [1.82, 2.24) is 9.55 Å². The van der Waals surface area contributed by atoms with E-state index in [-0.39, 0.29) is 0 Å². The van der Waals surface area contributed by atoms with Crippen molar-refractivity contribution in [3.05, 3.63) is 64.4 Å². The minimum Gasteiger partial charge on any atom is -0.386 e. The van der Waals surface area contributed by atoms with Gasteiger partial charge >= 0.3 is 0 Å². The first kappa shape index (κ1) is 13.4. The predicted molar refractivity (Wildman–Crippen MR) is 81.2 cm³/mol. The van der Waals surface area contributed by atoms with E-state index in [1.54, 1.807) is 24.5 Å². The Hall–Kier alpha value is -1.55. The van der Waals surface area contributed by atoms with E-state index >= 15 is 0 Å². The third kappa shape index (κ3) is 2.52. The minimum absolute atomic E-state index is 0.376. The van der Waals surface area contributed by atoms with Gasteiger partial charge in [0.1, 0.15) is 0 Å². The van der Waals surface area contributed by atoms with Gasteiger partial charge in [-0.1, -0.05) is 35.3 Å². The Balaban J connectivity index is 1.92.